The third-order valence-corrected chi connectivity index (χ3v) is 3.98. The molecule has 2 aromatic rings. The van der Waals surface area contributed by atoms with Crippen LogP contribution in [-0.4, -0.2) is 38.7 Å². The molecule has 21 heavy (non-hydrogen) atoms. The minimum Gasteiger partial charge on any atom is -0.481 e. The van der Waals surface area contributed by atoms with Crippen LogP contribution in [0.5, 0.6) is 0 Å². The number of carboxylic acids is 1. The molecule has 6 nitrogen and oxygen atoms in total. The number of nitrogens with zero attached hydrogens (tertiary/aromatic N) is 3. The molecule has 2 aromatic heterocycles. The van der Waals surface area contributed by atoms with Crippen LogP contribution in [0.4, 0.5) is 0 Å². The van der Waals surface area contributed by atoms with E-state index in [1.807, 2.05) is 17.5 Å². The Morgan fingerprint density at radius 3 is 2.95 bits per heavy atom. The maximum atomic E-state index is 10.6. The second kappa shape index (κ2) is 7.33. The summed E-state index contributed by atoms with van der Waals surface area (Å²) in [5, 5.41) is 14.7. The fourth-order valence-electron chi connectivity index (χ4n) is 1.95. The fourth-order valence-corrected chi connectivity index (χ4v) is 2.60. The highest BCUT2D eigenvalue weighted by molar-refractivity contribution is 7.13. The van der Waals surface area contributed by atoms with Gasteiger partial charge < -0.3 is 9.63 Å². The molecular formula is C14H19N3O3S. The van der Waals surface area contributed by atoms with Crippen molar-refractivity contribution in [1.82, 2.24) is 15.0 Å². The third kappa shape index (κ3) is 4.64. The Morgan fingerprint density at radius 2 is 2.33 bits per heavy atom. The van der Waals surface area contributed by atoms with Crippen molar-refractivity contribution >= 4 is 17.3 Å². The first kappa shape index (κ1) is 15.7. The van der Waals surface area contributed by atoms with E-state index >= 15 is 0 Å². The van der Waals surface area contributed by atoms with Crippen molar-refractivity contribution < 1.29 is 14.4 Å². The summed E-state index contributed by atoms with van der Waals surface area (Å²) in [5.41, 5.74) is 0. The summed E-state index contributed by atoms with van der Waals surface area (Å²) >= 11 is 1.57. The number of thiophene rings is 1. The van der Waals surface area contributed by atoms with Crippen LogP contribution in [0.1, 0.15) is 32.6 Å². The molecule has 0 saturated heterocycles. The van der Waals surface area contributed by atoms with Gasteiger partial charge in [0.1, 0.15) is 0 Å². The smallest absolute Gasteiger partial charge is 0.303 e. The molecule has 0 saturated carbocycles. The number of hydrogen-bond donors (Lipinski definition) is 1. The van der Waals surface area contributed by atoms with Gasteiger partial charge in [0.05, 0.1) is 11.4 Å². The lowest BCUT2D eigenvalue weighted by atomic mass is 10.2. The van der Waals surface area contributed by atoms with Crippen LogP contribution in [0.2, 0.25) is 0 Å². The van der Waals surface area contributed by atoms with Crippen molar-refractivity contribution in [3.63, 3.8) is 0 Å². The SMILES string of the molecule is CC(C)N(CCCC(=O)O)Cc1nc(-c2cccs2)no1. The van der Waals surface area contributed by atoms with Crippen molar-refractivity contribution in [2.45, 2.75) is 39.3 Å². The number of aromatic nitrogens is 2. The van der Waals surface area contributed by atoms with Crippen molar-refractivity contribution in [3.05, 3.63) is 23.4 Å². The van der Waals surface area contributed by atoms with E-state index in [9.17, 15) is 4.79 Å². The van der Waals surface area contributed by atoms with E-state index in [-0.39, 0.29) is 12.5 Å². The molecule has 114 valence electrons. The monoisotopic (exact) mass is 309 g/mol. The van der Waals surface area contributed by atoms with Crippen LogP contribution < -0.4 is 0 Å². The molecule has 0 aliphatic heterocycles. The van der Waals surface area contributed by atoms with E-state index in [1.54, 1.807) is 11.3 Å². The molecule has 0 aliphatic rings. The van der Waals surface area contributed by atoms with E-state index < -0.39 is 5.97 Å². The summed E-state index contributed by atoms with van der Waals surface area (Å²) in [6, 6.07) is 4.19. The molecule has 0 spiro atoms. The molecule has 1 N–H and O–H groups in total. The molecular weight excluding hydrogens is 290 g/mol. The van der Waals surface area contributed by atoms with E-state index in [0.29, 0.717) is 31.2 Å². The number of hydrogen-bond acceptors (Lipinski definition) is 6. The van der Waals surface area contributed by atoms with Gasteiger partial charge in [-0.3, -0.25) is 9.69 Å². The maximum Gasteiger partial charge on any atom is 0.303 e. The lowest BCUT2D eigenvalue weighted by Gasteiger charge is -2.24. The Labute approximate surface area is 127 Å². The van der Waals surface area contributed by atoms with E-state index in [1.165, 1.54) is 0 Å². The highest BCUT2D eigenvalue weighted by Crippen LogP contribution is 2.21. The summed E-state index contributed by atoms with van der Waals surface area (Å²) in [6.45, 7) is 5.37. The molecule has 0 bridgehead atoms. The van der Waals surface area contributed by atoms with Gasteiger partial charge in [0.15, 0.2) is 0 Å². The van der Waals surface area contributed by atoms with Gasteiger partial charge in [0.2, 0.25) is 11.7 Å². The Balaban J connectivity index is 1.95. The van der Waals surface area contributed by atoms with Gasteiger partial charge >= 0.3 is 5.97 Å². The minimum atomic E-state index is -0.767. The summed E-state index contributed by atoms with van der Waals surface area (Å²) < 4.78 is 5.28. The van der Waals surface area contributed by atoms with Gasteiger partial charge in [-0.15, -0.1) is 11.3 Å². The molecule has 0 aromatic carbocycles. The van der Waals surface area contributed by atoms with Gasteiger partial charge in [-0.1, -0.05) is 11.2 Å². The predicted molar refractivity (Wildman–Crippen MR) is 80.0 cm³/mol. The van der Waals surface area contributed by atoms with Gasteiger partial charge in [-0.05, 0) is 38.3 Å². The Morgan fingerprint density at radius 1 is 1.52 bits per heavy atom. The molecule has 2 rings (SSSR count). The molecule has 2 heterocycles. The zero-order valence-corrected chi connectivity index (χ0v) is 13.0. The van der Waals surface area contributed by atoms with Crippen LogP contribution in [-0.2, 0) is 11.3 Å². The first-order valence-electron chi connectivity index (χ1n) is 6.88. The fraction of sp³-hybridized carbons (Fsp3) is 0.500. The highest BCUT2D eigenvalue weighted by atomic mass is 32.1. The number of carboxylic acid groups (broad SMARTS) is 1. The second-order valence-corrected chi connectivity index (χ2v) is 6.00. The van der Waals surface area contributed by atoms with Crippen molar-refractivity contribution in [2.24, 2.45) is 0 Å². The largest absolute Gasteiger partial charge is 0.481 e. The molecule has 0 radical (unpaired) electrons. The summed E-state index contributed by atoms with van der Waals surface area (Å²) in [6.07, 6.45) is 0.785. The highest BCUT2D eigenvalue weighted by Gasteiger charge is 2.16. The molecule has 0 aliphatic carbocycles. The minimum absolute atomic E-state index is 0.174. The second-order valence-electron chi connectivity index (χ2n) is 5.05. The van der Waals surface area contributed by atoms with Crippen molar-refractivity contribution in [3.8, 4) is 10.7 Å². The zero-order valence-electron chi connectivity index (χ0n) is 12.2. The molecule has 0 fully saturated rings. The van der Waals surface area contributed by atoms with Gasteiger partial charge in [-0.2, -0.15) is 4.98 Å². The molecule has 0 amide bonds. The molecule has 7 heteroatoms. The standard InChI is InChI=1S/C14H19N3O3S/c1-10(2)17(7-3-6-13(18)19)9-12-15-14(16-20-12)11-5-4-8-21-11/h4-5,8,10H,3,6-7,9H2,1-2H3,(H,18,19). The normalized spacial score (nSPS) is 11.4. The van der Waals surface area contributed by atoms with Gasteiger partial charge in [0, 0.05) is 12.5 Å². The van der Waals surface area contributed by atoms with Gasteiger partial charge in [0.25, 0.3) is 0 Å². The Hall–Kier alpha value is -1.73. The molecule has 0 atom stereocenters. The molecule has 0 unspecified atom stereocenters. The first-order valence-corrected chi connectivity index (χ1v) is 7.76. The Kier molecular flexibility index (Phi) is 5.46. The maximum absolute atomic E-state index is 10.6. The summed E-state index contributed by atoms with van der Waals surface area (Å²) in [4.78, 5) is 18.1. The number of carbonyl (C=O) groups is 1. The van der Waals surface area contributed by atoms with Gasteiger partial charge in [-0.25, -0.2) is 0 Å². The quantitative estimate of drug-likeness (QED) is 0.807. The zero-order chi connectivity index (χ0) is 15.2. The third-order valence-electron chi connectivity index (χ3n) is 3.11. The van der Waals surface area contributed by atoms with Crippen LogP contribution in [0.25, 0.3) is 10.7 Å². The average Bonchev–Trinajstić information content (AvgIpc) is 3.07. The summed E-state index contributed by atoms with van der Waals surface area (Å²) in [7, 11) is 0. The van der Waals surface area contributed by atoms with E-state index in [0.717, 1.165) is 4.88 Å². The number of aliphatic carboxylic acids is 1. The summed E-state index contributed by atoms with van der Waals surface area (Å²) in [5.74, 6) is 0.396. The van der Waals surface area contributed by atoms with E-state index in [2.05, 4.69) is 28.9 Å². The van der Waals surface area contributed by atoms with Crippen LogP contribution in [0.15, 0.2) is 22.0 Å². The van der Waals surface area contributed by atoms with Crippen LogP contribution in [0, 0.1) is 0 Å². The lowest BCUT2D eigenvalue weighted by molar-refractivity contribution is -0.137. The van der Waals surface area contributed by atoms with E-state index in [4.69, 9.17) is 9.63 Å². The predicted octanol–water partition coefficient (Wildman–Crippen LogP) is 2.87. The first-order chi connectivity index (χ1) is 10.1. The van der Waals surface area contributed by atoms with Crippen LogP contribution >= 0.6 is 11.3 Å². The number of rotatable bonds is 8. The van der Waals surface area contributed by atoms with Crippen molar-refractivity contribution in [2.75, 3.05) is 6.54 Å². The Bertz CT molecular complexity index is 566. The topological polar surface area (TPSA) is 79.5 Å². The average molecular weight is 309 g/mol. The van der Waals surface area contributed by atoms with Crippen LogP contribution in [0.3, 0.4) is 0 Å². The lowest BCUT2D eigenvalue weighted by Crippen LogP contribution is -2.31. The van der Waals surface area contributed by atoms with Crippen molar-refractivity contribution in [1.29, 1.82) is 0 Å².